The molecule has 6 rings (SSSR count). The van der Waals surface area contributed by atoms with E-state index in [2.05, 4.69) is 5.10 Å². The lowest BCUT2D eigenvalue weighted by Gasteiger charge is -2.32. The van der Waals surface area contributed by atoms with Crippen molar-refractivity contribution < 1.29 is 31.4 Å². The number of benzene rings is 3. The second kappa shape index (κ2) is 10.1. The number of ether oxygens (including phenoxy) is 1. The van der Waals surface area contributed by atoms with Gasteiger partial charge in [-0.3, -0.25) is 8.99 Å². The molecule has 0 saturated carbocycles. The number of aromatic nitrogens is 2. The van der Waals surface area contributed by atoms with Crippen LogP contribution in [0.4, 0.5) is 18.9 Å². The number of phenols is 1. The van der Waals surface area contributed by atoms with Crippen molar-refractivity contribution in [1.29, 1.82) is 0 Å². The molecule has 212 valence electrons. The Morgan fingerprint density at radius 2 is 1.54 bits per heavy atom. The van der Waals surface area contributed by atoms with E-state index in [0.717, 1.165) is 22.3 Å². The Hall–Kier alpha value is -4.09. The molecule has 2 aliphatic heterocycles. The second-order valence-electron chi connectivity index (χ2n) is 10.2. The highest BCUT2D eigenvalue weighted by molar-refractivity contribution is 7.93. The van der Waals surface area contributed by atoms with E-state index in [1.165, 1.54) is 36.4 Å². The van der Waals surface area contributed by atoms with Crippen LogP contribution in [-0.4, -0.2) is 53.5 Å². The number of hydrogen-bond acceptors (Lipinski definition) is 5. The van der Waals surface area contributed by atoms with Gasteiger partial charge in [0.05, 0.1) is 18.0 Å². The lowest BCUT2D eigenvalue weighted by Crippen LogP contribution is -2.47. The fourth-order valence-corrected chi connectivity index (χ4v) is 7.66. The maximum Gasteiger partial charge on any atom is 0.407 e. The number of halogens is 3. The van der Waals surface area contributed by atoms with Crippen LogP contribution in [-0.2, 0) is 21.8 Å². The van der Waals surface area contributed by atoms with Gasteiger partial charge in [0.15, 0.2) is 0 Å². The van der Waals surface area contributed by atoms with Crippen LogP contribution in [0.5, 0.6) is 5.75 Å². The molecule has 0 amide bonds. The maximum absolute atomic E-state index is 14.0. The van der Waals surface area contributed by atoms with Gasteiger partial charge < -0.3 is 9.84 Å². The molecule has 3 atom stereocenters. The van der Waals surface area contributed by atoms with Gasteiger partial charge in [-0.2, -0.15) is 18.3 Å². The Balaban J connectivity index is 1.44. The molecule has 1 fully saturated rings. The Kier molecular flexibility index (Phi) is 6.66. The van der Waals surface area contributed by atoms with Gasteiger partial charge in [0.1, 0.15) is 23.6 Å². The van der Waals surface area contributed by atoms with Crippen molar-refractivity contribution in [2.45, 2.75) is 30.1 Å². The van der Waals surface area contributed by atoms with Crippen LogP contribution < -0.4 is 4.31 Å². The lowest BCUT2D eigenvalue weighted by atomic mass is 9.83. The average Bonchev–Trinajstić information content (AvgIpc) is 3.67. The predicted octanol–water partition coefficient (Wildman–Crippen LogP) is 5.64. The van der Waals surface area contributed by atoms with Crippen LogP contribution >= 0.6 is 0 Å². The predicted molar refractivity (Wildman–Crippen MR) is 149 cm³/mol. The van der Waals surface area contributed by atoms with Crippen LogP contribution in [0.15, 0.2) is 91.3 Å². The zero-order valence-corrected chi connectivity index (χ0v) is 22.7. The lowest BCUT2D eigenvalue weighted by molar-refractivity contribution is -0.117. The van der Waals surface area contributed by atoms with E-state index in [-0.39, 0.29) is 17.9 Å². The third kappa shape index (κ3) is 5.11. The molecule has 3 heterocycles. The topological polar surface area (TPSA) is 84.7 Å². The van der Waals surface area contributed by atoms with Gasteiger partial charge in [0, 0.05) is 18.8 Å². The van der Waals surface area contributed by atoms with E-state index in [1.807, 2.05) is 37.5 Å². The monoisotopic (exact) mass is 581 g/mol. The number of para-hydroxylation sites is 1. The largest absolute Gasteiger partial charge is 0.508 e. The van der Waals surface area contributed by atoms with Gasteiger partial charge in [-0.1, -0.05) is 54.6 Å². The molecular weight excluding hydrogens is 555 g/mol. The molecule has 0 spiro atoms. The van der Waals surface area contributed by atoms with E-state index in [0.29, 0.717) is 15.4 Å². The highest BCUT2D eigenvalue weighted by Gasteiger charge is 2.55. The molecular formula is C30H26F3N3O4S. The number of phenolic OH excluding ortho intramolecular Hbond substituents is 1. The van der Waals surface area contributed by atoms with E-state index in [9.17, 15) is 26.7 Å². The van der Waals surface area contributed by atoms with E-state index in [4.69, 9.17) is 4.74 Å². The number of anilines is 1. The van der Waals surface area contributed by atoms with Crippen molar-refractivity contribution in [2.24, 2.45) is 7.05 Å². The molecule has 3 aromatic carbocycles. The number of alkyl halides is 3. The highest BCUT2D eigenvalue weighted by Crippen LogP contribution is 2.51. The molecule has 1 saturated heterocycles. The minimum absolute atomic E-state index is 0.00166. The number of hydrogen-bond donors (Lipinski definition) is 1. The second-order valence-corrected chi connectivity index (χ2v) is 12.3. The third-order valence-electron chi connectivity index (χ3n) is 7.46. The van der Waals surface area contributed by atoms with Gasteiger partial charge in [-0.25, -0.2) is 8.42 Å². The average molecular weight is 582 g/mol. The van der Waals surface area contributed by atoms with Gasteiger partial charge in [0.2, 0.25) is 10.0 Å². The van der Waals surface area contributed by atoms with Crippen molar-refractivity contribution in [1.82, 2.24) is 9.78 Å². The third-order valence-corrected chi connectivity index (χ3v) is 9.62. The fraction of sp³-hybridized carbons (Fsp3) is 0.233. The molecule has 1 N–H and O–H groups in total. The van der Waals surface area contributed by atoms with Gasteiger partial charge in [0.25, 0.3) is 0 Å². The van der Waals surface area contributed by atoms with Crippen molar-refractivity contribution in [3.05, 3.63) is 102 Å². The summed E-state index contributed by atoms with van der Waals surface area (Å²) in [7, 11) is -2.70. The summed E-state index contributed by atoms with van der Waals surface area (Å²) < 4.78 is 77.3. The standard InChI is InChI=1S/C30H26F3N3O4S/c1-35-17-22(16-34-35)19-7-9-21(10-8-19)28-27(20-11-13-24(37)14-12-20)25-15-26(29(28)40-25)41(38,39)36(18-30(31,32)33)23-5-3-2-4-6-23/h2-14,16-17,25-26,29,37H,15,18H2,1H3. The summed E-state index contributed by atoms with van der Waals surface area (Å²) in [5, 5.41) is 12.8. The molecule has 2 aliphatic rings. The van der Waals surface area contributed by atoms with Crippen LogP contribution in [0.3, 0.4) is 0 Å². The van der Waals surface area contributed by atoms with E-state index < -0.39 is 40.2 Å². The Bertz CT molecular complexity index is 1700. The first kappa shape index (κ1) is 27.1. The fourth-order valence-electron chi connectivity index (χ4n) is 5.66. The first-order valence-electron chi connectivity index (χ1n) is 12.9. The van der Waals surface area contributed by atoms with Crippen molar-refractivity contribution in [3.8, 4) is 16.9 Å². The number of sulfonamides is 1. The quantitative estimate of drug-likeness (QED) is 0.305. The van der Waals surface area contributed by atoms with Crippen LogP contribution in [0.25, 0.3) is 22.3 Å². The zero-order chi connectivity index (χ0) is 28.9. The van der Waals surface area contributed by atoms with Crippen LogP contribution in [0.1, 0.15) is 17.5 Å². The summed E-state index contributed by atoms with van der Waals surface area (Å²) in [6, 6.07) is 21.3. The summed E-state index contributed by atoms with van der Waals surface area (Å²) in [5.41, 5.74) is 4.57. The van der Waals surface area contributed by atoms with Crippen LogP contribution in [0.2, 0.25) is 0 Å². The summed E-state index contributed by atoms with van der Waals surface area (Å²) >= 11 is 0. The molecule has 3 unspecified atom stereocenters. The highest BCUT2D eigenvalue weighted by atomic mass is 32.2. The number of aromatic hydroxyl groups is 1. The Morgan fingerprint density at radius 3 is 2.15 bits per heavy atom. The minimum atomic E-state index is -4.75. The molecule has 2 bridgehead atoms. The molecule has 41 heavy (non-hydrogen) atoms. The molecule has 1 aromatic heterocycles. The Morgan fingerprint density at radius 1 is 0.927 bits per heavy atom. The summed E-state index contributed by atoms with van der Waals surface area (Å²) in [4.78, 5) is 0. The summed E-state index contributed by atoms with van der Waals surface area (Å²) in [6.07, 6.45) is -2.78. The summed E-state index contributed by atoms with van der Waals surface area (Å²) in [5.74, 6) is 0.0758. The van der Waals surface area contributed by atoms with Crippen molar-refractivity contribution in [3.63, 3.8) is 0 Å². The number of fused-ring (bicyclic) bond motifs is 2. The first-order valence-corrected chi connectivity index (χ1v) is 14.4. The SMILES string of the molecule is Cn1cc(-c2ccc(C3=C(c4ccc(O)cc4)C4CC(S(=O)(=O)N(CC(F)(F)F)c5ccccc5)C3O4)cc2)cn1. The molecule has 7 nitrogen and oxygen atoms in total. The normalized spacial score (nSPS) is 20.5. The van der Waals surface area contributed by atoms with E-state index in [1.54, 1.807) is 29.1 Å². The van der Waals surface area contributed by atoms with E-state index >= 15 is 0 Å². The number of rotatable bonds is 7. The Labute approximate surface area is 235 Å². The van der Waals surface area contributed by atoms with Crippen molar-refractivity contribution in [2.75, 3.05) is 10.8 Å². The first-order chi connectivity index (χ1) is 19.5. The summed E-state index contributed by atoms with van der Waals surface area (Å²) in [6.45, 7) is -1.64. The zero-order valence-electron chi connectivity index (χ0n) is 21.9. The smallest absolute Gasteiger partial charge is 0.407 e. The molecule has 4 aromatic rings. The molecule has 11 heteroatoms. The van der Waals surface area contributed by atoms with Gasteiger partial charge in [-0.15, -0.1) is 0 Å². The number of nitrogens with zero attached hydrogens (tertiary/aromatic N) is 3. The maximum atomic E-state index is 14.0. The minimum Gasteiger partial charge on any atom is -0.508 e. The molecule has 0 radical (unpaired) electrons. The van der Waals surface area contributed by atoms with Gasteiger partial charge >= 0.3 is 6.18 Å². The number of aryl methyl sites for hydroxylation is 1. The van der Waals surface area contributed by atoms with Crippen molar-refractivity contribution >= 4 is 26.9 Å². The van der Waals surface area contributed by atoms with Gasteiger partial charge in [-0.05, 0) is 58.5 Å². The molecule has 0 aliphatic carbocycles. The van der Waals surface area contributed by atoms with Crippen LogP contribution in [0, 0.1) is 0 Å².